The highest BCUT2D eigenvalue weighted by Crippen LogP contribution is 2.17. The van der Waals surface area contributed by atoms with Crippen LogP contribution >= 0.6 is 0 Å². The molecule has 3 atom stereocenters. The minimum Gasteiger partial charge on any atom is -0.389 e. The van der Waals surface area contributed by atoms with Crippen molar-refractivity contribution >= 4 is 0 Å². The average molecular weight is 234 g/mol. The normalized spacial score (nSPS) is 28.9. The Morgan fingerprint density at radius 2 is 1.59 bits per heavy atom. The quantitative estimate of drug-likeness (QED) is 0.782. The summed E-state index contributed by atoms with van der Waals surface area (Å²) in [7, 11) is 0. The fourth-order valence-electron chi connectivity index (χ4n) is 1.97. The zero-order chi connectivity index (χ0) is 12.1. The van der Waals surface area contributed by atoms with Crippen molar-refractivity contribution in [2.75, 3.05) is 0 Å². The molecular weight excluding hydrogens is 216 g/mol. The summed E-state index contributed by atoms with van der Waals surface area (Å²) in [6.07, 6.45) is 3.21. The van der Waals surface area contributed by atoms with E-state index in [1.165, 1.54) is 0 Å². The Morgan fingerprint density at radius 1 is 1.00 bits per heavy atom. The number of aliphatic hydroxyl groups is 2. The maximum Gasteiger partial charge on any atom is 0.0746 e. The van der Waals surface area contributed by atoms with Gasteiger partial charge in [-0.05, 0) is 5.56 Å². The Bertz CT molecular complexity index is 347. The van der Waals surface area contributed by atoms with Gasteiger partial charge in [0.05, 0.1) is 24.9 Å². The van der Waals surface area contributed by atoms with E-state index in [9.17, 15) is 10.2 Å². The molecule has 2 rings (SSSR count). The summed E-state index contributed by atoms with van der Waals surface area (Å²) >= 11 is 0. The maximum absolute atomic E-state index is 9.60. The molecule has 0 spiro atoms. The van der Waals surface area contributed by atoms with Gasteiger partial charge in [-0.3, -0.25) is 0 Å². The van der Waals surface area contributed by atoms with E-state index < -0.39 is 12.2 Å². The first-order valence-electron chi connectivity index (χ1n) is 5.94. The SMILES string of the molecule is O[C@@H]1C=C[C@H](O)CC(OCc2ccccc2)C1. The van der Waals surface area contributed by atoms with Crippen LogP contribution in [0.4, 0.5) is 0 Å². The summed E-state index contributed by atoms with van der Waals surface area (Å²) in [6, 6.07) is 9.91. The van der Waals surface area contributed by atoms with Gasteiger partial charge < -0.3 is 14.9 Å². The van der Waals surface area contributed by atoms with Crippen LogP contribution in [0.5, 0.6) is 0 Å². The minimum absolute atomic E-state index is 0.102. The smallest absolute Gasteiger partial charge is 0.0746 e. The van der Waals surface area contributed by atoms with Crippen molar-refractivity contribution in [3.63, 3.8) is 0 Å². The molecule has 0 heterocycles. The van der Waals surface area contributed by atoms with Crippen molar-refractivity contribution in [2.45, 2.75) is 37.8 Å². The molecule has 17 heavy (non-hydrogen) atoms. The summed E-state index contributed by atoms with van der Waals surface area (Å²) in [5.41, 5.74) is 1.11. The topological polar surface area (TPSA) is 49.7 Å². The molecule has 0 bridgehead atoms. The molecule has 1 aliphatic carbocycles. The van der Waals surface area contributed by atoms with E-state index in [0.717, 1.165) is 5.56 Å². The second kappa shape index (κ2) is 5.96. The Balaban J connectivity index is 1.86. The van der Waals surface area contributed by atoms with Crippen LogP contribution in [0, 0.1) is 0 Å². The van der Waals surface area contributed by atoms with E-state index in [1.807, 2.05) is 30.3 Å². The molecule has 2 N–H and O–H groups in total. The molecule has 3 heteroatoms. The van der Waals surface area contributed by atoms with E-state index in [1.54, 1.807) is 12.2 Å². The van der Waals surface area contributed by atoms with Crippen LogP contribution in [0.1, 0.15) is 18.4 Å². The summed E-state index contributed by atoms with van der Waals surface area (Å²) in [6.45, 7) is 0.519. The Morgan fingerprint density at radius 3 is 2.18 bits per heavy atom. The van der Waals surface area contributed by atoms with E-state index in [2.05, 4.69) is 0 Å². The van der Waals surface area contributed by atoms with Gasteiger partial charge in [-0.25, -0.2) is 0 Å². The van der Waals surface area contributed by atoms with Gasteiger partial charge in [-0.1, -0.05) is 42.5 Å². The van der Waals surface area contributed by atoms with Gasteiger partial charge in [-0.2, -0.15) is 0 Å². The standard InChI is InChI=1S/C14H18O3/c15-12-6-7-13(16)9-14(8-12)17-10-11-4-2-1-3-5-11/h1-7,12-16H,8-10H2/t12-,13+,14?. The van der Waals surface area contributed by atoms with E-state index >= 15 is 0 Å². The van der Waals surface area contributed by atoms with Crippen molar-refractivity contribution in [2.24, 2.45) is 0 Å². The lowest BCUT2D eigenvalue weighted by atomic mass is 10.1. The lowest BCUT2D eigenvalue weighted by Crippen LogP contribution is -2.21. The molecular formula is C14H18O3. The van der Waals surface area contributed by atoms with Gasteiger partial charge in [0.1, 0.15) is 0 Å². The summed E-state index contributed by atoms with van der Waals surface area (Å²) in [4.78, 5) is 0. The predicted molar refractivity (Wildman–Crippen MR) is 65.4 cm³/mol. The number of hydrogen-bond acceptors (Lipinski definition) is 3. The number of benzene rings is 1. The van der Waals surface area contributed by atoms with Gasteiger partial charge in [-0.15, -0.1) is 0 Å². The Hall–Kier alpha value is -1.16. The van der Waals surface area contributed by atoms with E-state index in [-0.39, 0.29) is 6.10 Å². The highest BCUT2D eigenvalue weighted by atomic mass is 16.5. The van der Waals surface area contributed by atoms with Crippen LogP contribution in [0.3, 0.4) is 0 Å². The van der Waals surface area contributed by atoms with Crippen molar-refractivity contribution in [1.29, 1.82) is 0 Å². The first kappa shape index (κ1) is 12.3. The molecule has 0 aliphatic heterocycles. The first-order chi connectivity index (χ1) is 8.24. The number of aliphatic hydroxyl groups excluding tert-OH is 2. The molecule has 0 aromatic heterocycles. The summed E-state index contributed by atoms with van der Waals surface area (Å²) in [5.74, 6) is 0. The molecule has 92 valence electrons. The average Bonchev–Trinajstić information content (AvgIpc) is 2.50. The second-order valence-electron chi connectivity index (χ2n) is 4.41. The largest absolute Gasteiger partial charge is 0.389 e. The van der Waals surface area contributed by atoms with Gasteiger partial charge in [0.2, 0.25) is 0 Å². The zero-order valence-electron chi connectivity index (χ0n) is 9.70. The van der Waals surface area contributed by atoms with Crippen LogP contribution < -0.4 is 0 Å². The summed E-state index contributed by atoms with van der Waals surface area (Å²) in [5, 5.41) is 19.2. The van der Waals surface area contributed by atoms with Crippen molar-refractivity contribution in [3.05, 3.63) is 48.0 Å². The molecule has 3 nitrogen and oxygen atoms in total. The molecule has 0 fully saturated rings. The number of ether oxygens (including phenoxy) is 1. The van der Waals surface area contributed by atoms with Crippen molar-refractivity contribution in [1.82, 2.24) is 0 Å². The third kappa shape index (κ3) is 3.97. The van der Waals surface area contributed by atoms with Crippen LogP contribution in [-0.2, 0) is 11.3 Å². The van der Waals surface area contributed by atoms with E-state index in [0.29, 0.717) is 19.4 Å². The maximum atomic E-state index is 9.60. The Labute approximate surface area is 101 Å². The second-order valence-corrected chi connectivity index (χ2v) is 4.41. The number of rotatable bonds is 3. The van der Waals surface area contributed by atoms with Gasteiger partial charge in [0, 0.05) is 12.8 Å². The zero-order valence-corrected chi connectivity index (χ0v) is 9.70. The molecule has 1 aromatic rings. The third-order valence-corrected chi connectivity index (χ3v) is 2.89. The minimum atomic E-state index is -0.520. The van der Waals surface area contributed by atoms with Crippen LogP contribution in [-0.4, -0.2) is 28.5 Å². The third-order valence-electron chi connectivity index (χ3n) is 2.89. The van der Waals surface area contributed by atoms with E-state index in [4.69, 9.17) is 4.74 Å². The predicted octanol–water partition coefficient (Wildman–Crippen LogP) is 1.64. The molecule has 0 saturated heterocycles. The van der Waals surface area contributed by atoms with Crippen LogP contribution in [0.15, 0.2) is 42.5 Å². The highest BCUT2D eigenvalue weighted by molar-refractivity contribution is 5.13. The molecule has 0 saturated carbocycles. The fourth-order valence-corrected chi connectivity index (χ4v) is 1.97. The van der Waals surface area contributed by atoms with Gasteiger partial charge >= 0.3 is 0 Å². The Kier molecular flexibility index (Phi) is 4.31. The molecule has 1 aromatic carbocycles. The first-order valence-corrected chi connectivity index (χ1v) is 5.94. The molecule has 0 amide bonds. The molecule has 1 unspecified atom stereocenters. The summed E-state index contributed by atoms with van der Waals surface area (Å²) < 4.78 is 5.73. The van der Waals surface area contributed by atoms with Gasteiger partial charge in [0.15, 0.2) is 0 Å². The monoisotopic (exact) mass is 234 g/mol. The highest BCUT2D eigenvalue weighted by Gasteiger charge is 2.20. The fraction of sp³-hybridized carbons (Fsp3) is 0.429. The van der Waals surface area contributed by atoms with Gasteiger partial charge in [0.25, 0.3) is 0 Å². The number of hydrogen-bond donors (Lipinski definition) is 2. The lowest BCUT2D eigenvalue weighted by Gasteiger charge is -2.18. The van der Waals surface area contributed by atoms with Crippen LogP contribution in [0.2, 0.25) is 0 Å². The lowest BCUT2D eigenvalue weighted by molar-refractivity contribution is -0.00500. The van der Waals surface area contributed by atoms with Crippen LogP contribution in [0.25, 0.3) is 0 Å². The molecule has 0 radical (unpaired) electrons. The van der Waals surface area contributed by atoms with Crippen molar-refractivity contribution < 1.29 is 14.9 Å². The molecule has 1 aliphatic rings. The van der Waals surface area contributed by atoms with Crippen molar-refractivity contribution in [3.8, 4) is 0 Å².